The molecular weight excluding hydrogens is 336 g/mol. The Bertz CT molecular complexity index is 1130. The zero-order valence-electron chi connectivity index (χ0n) is 15.1. The third kappa shape index (κ3) is 3.90. The molecule has 2 heterocycles. The molecule has 0 atom stereocenters. The largest absolute Gasteiger partial charge is 0.487 e. The summed E-state index contributed by atoms with van der Waals surface area (Å²) in [5, 5.41) is 0. The van der Waals surface area contributed by atoms with Gasteiger partial charge in [0.2, 0.25) is 0 Å². The number of rotatable bonds is 5. The first-order valence-corrected chi connectivity index (χ1v) is 8.92. The van der Waals surface area contributed by atoms with E-state index in [1.54, 1.807) is 10.6 Å². The minimum atomic E-state index is -0.101. The van der Waals surface area contributed by atoms with Gasteiger partial charge in [-0.25, -0.2) is 4.98 Å². The molecule has 4 aromatic rings. The smallest absolute Gasteiger partial charge is 0.258 e. The van der Waals surface area contributed by atoms with Crippen LogP contribution in [-0.2, 0) is 13.0 Å². The van der Waals surface area contributed by atoms with E-state index in [2.05, 4.69) is 23.2 Å². The molecular formula is C23H20N2O2. The van der Waals surface area contributed by atoms with E-state index in [1.165, 1.54) is 11.6 Å². The van der Waals surface area contributed by atoms with Crippen molar-refractivity contribution in [2.45, 2.75) is 20.0 Å². The van der Waals surface area contributed by atoms with Crippen molar-refractivity contribution < 1.29 is 4.74 Å². The van der Waals surface area contributed by atoms with Gasteiger partial charge in [0, 0.05) is 18.7 Å². The highest BCUT2D eigenvalue weighted by molar-refractivity contribution is 5.42. The van der Waals surface area contributed by atoms with Crippen molar-refractivity contribution in [3.63, 3.8) is 0 Å². The third-order valence-corrected chi connectivity index (χ3v) is 4.46. The molecule has 0 fully saturated rings. The lowest BCUT2D eigenvalue weighted by atomic mass is 10.0. The van der Waals surface area contributed by atoms with Crippen LogP contribution in [0, 0.1) is 6.92 Å². The first kappa shape index (κ1) is 17.0. The Morgan fingerprint density at radius 3 is 2.59 bits per heavy atom. The van der Waals surface area contributed by atoms with Crippen LogP contribution in [0.4, 0.5) is 0 Å². The SMILES string of the molecule is Cc1ccn2c(=O)cc(COc3ccccc3Cc3ccccc3)nc2c1. The van der Waals surface area contributed by atoms with Gasteiger partial charge in [0.05, 0.1) is 5.69 Å². The van der Waals surface area contributed by atoms with Crippen LogP contribution in [-0.4, -0.2) is 9.38 Å². The summed E-state index contributed by atoms with van der Waals surface area (Å²) in [5.41, 5.74) is 4.56. The van der Waals surface area contributed by atoms with Gasteiger partial charge in [-0.15, -0.1) is 0 Å². The highest BCUT2D eigenvalue weighted by Gasteiger charge is 2.07. The number of nitrogens with zero attached hydrogens (tertiary/aromatic N) is 2. The van der Waals surface area contributed by atoms with Crippen LogP contribution >= 0.6 is 0 Å². The molecule has 4 nitrogen and oxygen atoms in total. The second-order valence-corrected chi connectivity index (χ2v) is 6.58. The predicted molar refractivity (Wildman–Crippen MR) is 106 cm³/mol. The molecule has 0 amide bonds. The average molecular weight is 356 g/mol. The lowest BCUT2D eigenvalue weighted by molar-refractivity contribution is 0.298. The summed E-state index contributed by atoms with van der Waals surface area (Å²) in [4.78, 5) is 16.9. The molecule has 0 aliphatic heterocycles. The number of benzene rings is 2. The fraction of sp³-hybridized carbons (Fsp3) is 0.130. The molecule has 0 aliphatic carbocycles. The van der Waals surface area contributed by atoms with Crippen LogP contribution in [0.15, 0.2) is 83.8 Å². The number of aromatic nitrogens is 2. The van der Waals surface area contributed by atoms with Gasteiger partial charge in [0.25, 0.3) is 5.56 Å². The molecule has 134 valence electrons. The third-order valence-electron chi connectivity index (χ3n) is 4.46. The zero-order valence-corrected chi connectivity index (χ0v) is 15.1. The second-order valence-electron chi connectivity index (χ2n) is 6.58. The summed E-state index contributed by atoms with van der Waals surface area (Å²) < 4.78 is 7.56. The van der Waals surface area contributed by atoms with Crippen molar-refractivity contribution in [1.82, 2.24) is 9.38 Å². The van der Waals surface area contributed by atoms with Crippen LogP contribution in [0.2, 0.25) is 0 Å². The number of fused-ring (bicyclic) bond motifs is 1. The fourth-order valence-electron chi connectivity index (χ4n) is 3.09. The van der Waals surface area contributed by atoms with E-state index in [0.29, 0.717) is 11.3 Å². The molecule has 4 heteroatoms. The lowest BCUT2D eigenvalue weighted by Crippen LogP contribution is -2.16. The standard InChI is InChI=1S/C23H20N2O2/c1-17-11-12-25-22(13-17)24-20(15-23(25)26)16-27-21-10-6-5-9-19(21)14-18-7-3-2-4-8-18/h2-13,15H,14,16H2,1H3. The first-order valence-electron chi connectivity index (χ1n) is 8.92. The maximum Gasteiger partial charge on any atom is 0.258 e. The van der Waals surface area contributed by atoms with E-state index in [-0.39, 0.29) is 12.2 Å². The van der Waals surface area contributed by atoms with E-state index >= 15 is 0 Å². The molecule has 0 N–H and O–H groups in total. The van der Waals surface area contributed by atoms with Crippen LogP contribution in [0.3, 0.4) is 0 Å². The maximum atomic E-state index is 12.3. The van der Waals surface area contributed by atoms with E-state index in [4.69, 9.17) is 4.74 Å². The molecule has 27 heavy (non-hydrogen) atoms. The number of para-hydroxylation sites is 1. The number of hydrogen-bond donors (Lipinski definition) is 0. The highest BCUT2D eigenvalue weighted by Crippen LogP contribution is 2.22. The van der Waals surface area contributed by atoms with Crippen molar-refractivity contribution in [3.8, 4) is 5.75 Å². The van der Waals surface area contributed by atoms with Gasteiger partial charge >= 0.3 is 0 Å². The molecule has 0 spiro atoms. The van der Waals surface area contributed by atoms with Crippen molar-refractivity contribution in [3.05, 3.63) is 112 Å². The van der Waals surface area contributed by atoms with Crippen LogP contribution in [0.1, 0.15) is 22.4 Å². The Hall–Kier alpha value is -3.40. The van der Waals surface area contributed by atoms with Crippen LogP contribution in [0.25, 0.3) is 5.65 Å². The van der Waals surface area contributed by atoms with Gasteiger partial charge < -0.3 is 4.74 Å². The van der Waals surface area contributed by atoms with Crippen molar-refractivity contribution in [2.24, 2.45) is 0 Å². The molecule has 2 aromatic carbocycles. The monoisotopic (exact) mass is 356 g/mol. The quantitative estimate of drug-likeness (QED) is 0.539. The summed E-state index contributed by atoms with van der Waals surface area (Å²) >= 11 is 0. The van der Waals surface area contributed by atoms with Gasteiger partial charge in [0.15, 0.2) is 0 Å². The molecule has 2 aromatic heterocycles. The minimum absolute atomic E-state index is 0.101. The fourth-order valence-corrected chi connectivity index (χ4v) is 3.09. The average Bonchev–Trinajstić information content (AvgIpc) is 2.68. The summed E-state index contributed by atoms with van der Waals surface area (Å²) in [6, 6.07) is 23.6. The van der Waals surface area contributed by atoms with Crippen molar-refractivity contribution in [1.29, 1.82) is 0 Å². The van der Waals surface area contributed by atoms with E-state index in [9.17, 15) is 4.79 Å². The van der Waals surface area contributed by atoms with Crippen LogP contribution < -0.4 is 10.3 Å². The van der Waals surface area contributed by atoms with Gasteiger partial charge in [-0.1, -0.05) is 48.5 Å². The van der Waals surface area contributed by atoms with Crippen LogP contribution in [0.5, 0.6) is 5.75 Å². The summed E-state index contributed by atoms with van der Waals surface area (Å²) in [7, 11) is 0. The Morgan fingerprint density at radius 1 is 0.963 bits per heavy atom. The lowest BCUT2D eigenvalue weighted by Gasteiger charge is -2.12. The molecule has 0 saturated heterocycles. The number of pyridine rings is 1. The van der Waals surface area contributed by atoms with Crippen molar-refractivity contribution in [2.75, 3.05) is 0 Å². The minimum Gasteiger partial charge on any atom is -0.487 e. The van der Waals surface area contributed by atoms with E-state index in [1.807, 2.05) is 55.5 Å². The predicted octanol–water partition coefficient (Wildman–Crippen LogP) is 4.17. The Labute approximate surface area is 157 Å². The van der Waals surface area contributed by atoms with E-state index < -0.39 is 0 Å². The van der Waals surface area contributed by atoms with Gasteiger partial charge in [-0.2, -0.15) is 0 Å². The molecule has 4 rings (SSSR count). The number of aryl methyl sites for hydroxylation is 1. The Morgan fingerprint density at radius 2 is 1.74 bits per heavy atom. The summed E-state index contributed by atoms with van der Waals surface area (Å²) in [6.07, 6.45) is 2.55. The maximum absolute atomic E-state index is 12.3. The molecule has 0 bridgehead atoms. The normalized spacial score (nSPS) is 10.9. The topological polar surface area (TPSA) is 43.6 Å². The van der Waals surface area contributed by atoms with Gasteiger partial charge in [-0.3, -0.25) is 9.20 Å². The molecule has 0 radical (unpaired) electrons. The van der Waals surface area contributed by atoms with Gasteiger partial charge in [-0.05, 0) is 41.8 Å². The Kier molecular flexibility index (Phi) is 4.71. The zero-order chi connectivity index (χ0) is 18.6. The second kappa shape index (κ2) is 7.46. The molecule has 0 saturated carbocycles. The summed E-state index contributed by atoms with van der Waals surface area (Å²) in [6.45, 7) is 2.24. The Balaban J connectivity index is 1.57. The first-order chi connectivity index (χ1) is 13.2. The number of hydrogen-bond acceptors (Lipinski definition) is 3. The highest BCUT2D eigenvalue weighted by atomic mass is 16.5. The van der Waals surface area contributed by atoms with Gasteiger partial charge in [0.1, 0.15) is 18.0 Å². The molecule has 0 aliphatic rings. The number of ether oxygens (including phenoxy) is 1. The summed E-state index contributed by atoms with van der Waals surface area (Å²) in [5.74, 6) is 0.813. The van der Waals surface area contributed by atoms with E-state index in [0.717, 1.165) is 23.3 Å². The molecule has 0 unspecified atom stereocenters. The van der Waals surface area contributed by atoms with Crippen molar-refractivity contribution >= 4 is 5.65 Å².